The van der Waals surface area contributed by atoms with E-state index in [0.29, 0.717) is 30.4 Å². The Kier molecular flexibility index (Phi) is 4.83. The number of benzene rings is 2. The van der Waals surface area contributed by atoms with Crippen molar-refractivity contribution in [2.45, 2.75) is 17.4 Å². The van der Waals surface area contributed by atoms with Crippen molar-refractivity contribution in [2.75, 3.05) is 24.7 Å². The number of rotatable bonds is 4. The lowest BCUT2D eigenvalue weighted by Crippen LogP contribution is -2.37. The number of fused-ring (bicyclic) bond motifs is 1. The molecule has 2 aliphatic rings. The quantitative estimate of drug-likeness (QED) is 0.768. The van der Waals surface area contributed by atoms with E-state index in [9.17, 15) is 13.2 Å². The third kappa shape index (κ3) is 3.80. The third-order valence-corrected chi connectivity index (χ3v) is 6.47. The molecule has 2 aromatic carbocycles. The van der Waals surface area contributed by atoms with Gasteiger partial charge in [0.15, 0.2) is 11.5 Å². The zero-order chi connectivity index (χ0) is 19.0. The van der Waals surface area contributed by atoms with Crippen molar-refractivity contribution in [1.29, 1.82) is 0 Å². The van der Waals surface area contributed by atoms with Gasteiger partial charge in [-0.25, -0.2) is 13.1 Å². The van der Waals surface area contributed by atoms with Crippen molar-refractivity contribution in [3.05, 3.63) is 46.9 Å². The average molecular weight is 453 g/mol. The second-order valence-corrected chi connectivity index (χ2v) is 8.94. The number of nitrogens with one attached hydrogen (secondary N) is 1. The Bertz CT molecular complexity index is 978. The summed E-state index contributed by atoms with van der Waals surface area (Å²) in [6.07, 6.45) is 0.101. The van der Waals surface area contributed by atoms with E-state index in [1.807, 2.05) is 0 Å². The van der Waals surface area contributed by atoms with Crippen LogP contribution in [0.2, 0.25) is 0 Å². The first kappa shape index (κ1) is 18.3. The predicted octanol–water partition coefficient (Wildman–Crippen LogP) is 2.30. The zero-order valence-electron chi connectivity index (χ0n) is 14.2. The summed E-state index contributed by atoms with van der Waals surface area (Å²) in [5.41, 5.74) is 0.662. The molecule has 2 aromatic rings. The average Bonchev–Trinajstić information content (AvgIpc) is 3.01. The van der Waals surface area contributed by atoms with Crippen LogP contribution in [0, 0.1) is 0 Å². The van der Waals surface area contributed by atoms with Gasteiger partial charge in [0.05, 0.1) is 4.90 Å². The first-order chi connectivity index (χ1) is 12.9. The molecule has 1 atom stereocenters. The molecule has 1 amide bonds. The first-order valence-corrected chi connectivity index (χ1v) is 10.7. The van der Waals surface area contributed by atoms with Crippen LogP contribution in [-0.4, -0.2) is 40.1 Å². The van der Waals surface area contributed by atoms with E-state index < -0.39 is 16.1 Å². The number of hydrogen-bond acceptors (Lipinski definition) is 5. The van der Waals surface area contributed by atoms with Gasteiger partial charge in [0.2, 0.25) is 15.9 Å². The molecule has 9 heteroatoms. The molecule has 0 bridgehead atoms. The van der Waals surface area contributed by atoms with Crippen molar-refractivity contribution in [1.82, 2.24) is 4.72 Å². The molecule has 0 aliphatic carbocycles. The Morgan fingerprint density at radius 3 is 2.48 bits per heavy atom. The lowest BCUT2D eigenvalue weighted by atomic mass is 10.2. The van der Waals surface area contributed by atoms with Crippen molar-refractivity contribution in [2.24, 2.45) is 0 Å². The molecule has 0 aromatic heterocycles. The number of sulfonamides is 1. The minimum Gasteiger partial charge on any atom is -0.486 e. The van der Waals surface area contributed by atoms with Crippen LogP contribution in [0.25, 0.3) is 0 Å². The van der Waals surface area contributed by atoms with E-state index >= 15 is 0 Å². The van der Waals surface area contributed by atoms with Crippen LogP contribution >= 0.6 is 15.9 Å². The monoisotopic (exact) mass is 452 g/mol. The number of carbonyl (C=O) groups is 1. The number of amides is 1. The van der Waals surface area contributed by atoms with Crippen LogP contribution in [-0.2, 0) is 14.8 Å². The third-order valence-electron chi connectivity index (χ3n) is 4.41. The van der Waals surface area contributed by atoms with E-state index in [1.54, 1.807) is 35.2 Å². The zero-order valence-corrected chi connectivity index (χ0v) is 16.6. The number of anilines is 1. The molecule has 0 unspecified atom stereocenters. The molecule has 0 saturated carbocycles. The number of carbonyl (C=O) groups excluding carboxylic acids is 1. The summed E-state index contributed by atoms with van der Waals surface area (Å²) >= 11 is 3.28. The molecule has 7 nitrogen and oxygen atoms in total. The second-order valence-electron chi connectivity index (χ2n) is 6.31. The molecule has 0 spiro atoms. The molecule has 1 saturated heterocycles. The van der Waals surface area contributed by atoms with Crippen molar-refractivity contribution < 1.29 is 22.7 Å². The highest BCUT2D eigenvalue weighted by molar-refractivity contribution is 9.10. The molecule has 27 heavy (non-hydrogen) atoms. The number of hydrogen-bond donors (Lipinski definition) is 1. The van der Waals surface area contributed by atoms with Crippen LogP contribution in [0.15, 0.2) is 51.8 Å². The van der Waals surface area contributed by atoms with Gasteiger partial charge in [0.1, 0.15) is 13.2 Å². The minimum absolute atomic E-state index is 0.101. The fraction of sp³-hybridized carbons (Fsp3) is 0.278. The summed E-state index contributed by atoms with van der Waals surface area (Å²) in [6, 6.07) is 11.1. The number of ether oxygens (including phenoxy) is 2. The predicted molar refractivity (Wildman–Crippen MR) is 103 cm³/mol. The molecule has 2 heterocycles. The van der Waals surface area contributed by atoms with Crippen LogP contribution in [0.4, 0.5) is 5.69 Å². The summed E-state index contributed by atoms with van der Waals surface area (Å²) in [5.74, 6) is 1.09. The van der Waals surface area contributed by atoms with Gasteiger partial charge in [0.25, 0.3) is 0 Å². The number of nitrogens with zero attached hydrogens (tertiary/aromatic N) is 1. The minimum atomic E-state index is -3.70. The van der Waals surface area contributed by atoms with E-state index in [1.165, 1.54) is 12.1 Å². The Hall–Kier alpha value is -2.10. The normalized spacial score (nSPS) is 19.4. The van der Waals surface area contributed by atoms with E-state index in [0.717, 1.165) is 4.47 Å². The Balaban J connectivity index is 1.50. The number of halogens is 1. The Morgan fingerprint density at radius 2 is 1.74 bits per heavy atom. The second kappa shape index (κ2) is 7.14. The molecule has 4 rings (SSSR count). The van der Waals surface area contributed by atoms with Crippen molar-refractivity contribution >= 4 is 37.5 Å². The van der Waals surface area contributed by atoms with Crippen LogP contribution < -0.4 is 19.1 Å². The summed E-state index contributed by atoms with van der Waals surface area (Å²) in [7, 11) is -3.70. The molecule has 1 N–H and O–H groups in total. The van der Waals surface area contributed by atoms with E-state index in [-0.39, 0.29) is 23.8 Å². The van der Waals surface area contributed by atoms with Gasteiger partial charge in [-0.3, -0.25) is 4.79 Å². The molecular weight excluding hydrogens is 436 g/mol. The summed E-state index contributed by atoms with van der Waals surface area (Å²) in [4.78, 5) is 14.2. The lowest BCUT2D eigenvalue weighted by Gasteiger charge is -2.22. The van der Waals surface area contributed by atoms with E-state index in [2.05, 4.69) is 20.7 Å². The Labute approximate surface area is 165 Å². The van der Waals surface area contributed by atoms with Gasteiger partial charge in [-0.15, -0.1) is 0 Å². The topological polar surface area (TPSA) is 84.9 Å². The van der Waals surface area contributed by atoms with Crippen LogP contribution in [0.5, 0.6) is 11.5 Å². The summed E-state index contributed by atoms with van der Waals surface area (Å²) < 4.78 is 39.6. The van der Waals surface area contributed by atoms with Crippen molar-refractivity contribution in [3.8, 4) is 11.5 Å². The largest absolute Gasteiger partial charge is 0.486 e. The molecule has 0 radical (unpaired) electrons. The van der Waals surface area contributed by atoms with Crippen LogP contribution in [0.1, 0.15) is 6.42 Å². The maximum Gasteiger partial charge on any atom is 0.240 e. The van der Waals surface area contributed by atoms with Gasteiger partial charge < -0.3 is 14.4 Å². The highest BCUT2D eigenvalue weighted by atomic mass is 79.9. The first-order valence-electron chi connectivity index (χ1n) is 8.40. The molecule has 2 aliphatic heterocycles. The smallest absolute Gasteiger partial charge is 0.240 e. The summed E-state index contributed by atoms with van der Waals surface area (Å²) in [5, 5.41) is 0. The Morgan fingerprint density at radius 1 is 1.04 bits per heavy atom. The van der Waals surface area contributed by atoms with Gasteiger partial charge in [-0.1, -0.05) is 15.9 Å². The van der Waals surface area contributed by atoms with Gasteiger partial charge in [-0.05, 0) is 36.4 Å². The maximum absolute atomic E-state index is 12.5. The van der Waals surface area contributed by atoms with Crippen LogP contribution in [0.3, 0.4) is 0 Å². The highest BCUT2D eigenvalue weighted by Crippen LogP contribution is 2.35. The fourth-order valence-corrected chi connectivity index (χ4v) is 4.63. The summed E-state index contributed by atoms with van der Waals surface area (Å²) in [6.45, 7) is 1.21. The van der Waals surface area contributed by atoms with Gasteiger partial charge in [-0.2, -0.15) is 0 Å². The molecular formula is C18H17BrN2O5S. The van der Waals surface area contributed by atoms with Gasteiger partial charge >= 0.3 is 0 Å². The maximum atomic E-state index is 12.5. The highest BCUT2D eigenvalue weighted by Gasteiger charge is 2.34. The fourth-order valence-electron chi connectivity index (χ4n) is 3.14. The lowest BCUT2D eigenvalue weighted by molar-refractivity contribution is -0.117. The van der Waals surface area contributed by atoms with Gasteiger partial charge in [0, 0.05) is 35.2 Å². The standard InChI is InChI=1S/C18H17BrN2O5S/c19-12-1-4-15(5-2-12)27(23,24)20-13-9-18(22)21(11-13)14-3-6-16-17(10-14)26-8-7-25-16/h1-6,10,13,20H,7-9,11H2/t13-/m1/s1. The molecule has 142 valence electrons. The SMILES string of the molecule is O=C1C[C@@H](NS(=O)(=O)c2ccc(Br)cc2)CN1c1ccc2c(c1)OCCO2. The molecule has 1 fully saturated rings. The van der Waals surface area contributed by atoms with E-state index in [4.69, 9.17) is 9.47 Å². The van der Waals surface area contributed by atoms with Crippen molar-refractivity contribution in [3.63, 3.8) is 0 Å².